The minimum Gasteiger partial charge on any atom is -0.486 e. The molecule has 0 spiro atoms. The minimum absolute atomic E-state index is 0.0620. The van der Waals surface area contributed by atoms with E-state index in [1.165, 1.54) is 12.1 Å². The molecule has 0 saturated carbocycles. The summed E-state index contributed by atoms with van der Waals surface area (Å²) in [5.41, 5.74) is 1.78. The van der Waals surface area contributed by atoms with Gasteiger partial charge in [0.15, 0.2) is 11.5 Å². The Morgan fingerprint density at radius 2 is 1.70 bits per heavy atom. The van der Waals surface area contributed by atoms with Gasteiger partial charge in [0.05, 0.1) is 4.90 Å². The maximum absolute atomic E-state index is 13.1. The molecule has 0 aliphatic carbocycles. The summed E-state index contributed by atoms with van der Waals surface area (Å²) in [5.74, 6) is 1.24. The molecule has 0 radical (unpaired) electrons. The summed E-state index contributed by atoms with van der Waals surface area (Å²) in [6.45, 7) is 2.78. The Hall–Kier alpha value is -3.00. The second kappa shape index (κ2) is 6.62. The van der Waals surface area contributed by atoms with Gasteiger partial charge in [-0.2, -0.15) is 4.98 Å². The highest BCUT2D eigenvalue weighted by molar-refractivity contribution is 7.91. The molecule has 0 unspecified atom stereocenters. The Morgan fingerprint density at radius 3 is 2.41 bits per heavy atom. The Morgan fingerprint density at radius 1 is 1.00 bits per heavy atom. The van der Waals surface area contributed by atoms with E-state index in [2.05, 4.69) is 10.3 Å². The molecule has 1 aliphatic rings. The van der Waals surface area contributed by atoms with Gasteiger partial charge < -0.3 is 19.2 Å². The van der Waals surface area contributed by atoms with Crippen molar-refractivity contribution in [2.45, 2.75) is 16.8 Å². The van der Waals surface area contributed by atoms with E-state index in [9.17, 15) is 8.42 Å². The average Bonchev–Trinajstić information content (AvgIpc) is 3.13. The van der Waals surface area contributed by atoms with Crippen LogP contribution >= 0.6 is 0 Å². The molecule has 1 aromatic heterocycles. The van der Waals surface area contributed by atoms with Gasteiger partial charge in [-0.1, -0.05) is 17.7 Å². The van der Waals surface area contributed by atoms with Crippen LogP contribution in [-0.2, 0) is 9.84 Å². The number of aromatic nitrogens is 1. The van der Waals surface area contributed by atoms with Crippen LogP contribution in [0.4, 0.5) is 5.88 Å². The molecule has 0 atom stereocenters. The number of nitrogens with one attached hydrogen (secondary N) is 1. The van der Waals surface area contributed by atoms with Crippen molar-refractivity contribution in [3.63, 3.8) is 0 Å². The SMILES string of the molecule is CNc1oc(-c2ccc(C)cc2)nc1S(=O)(=O)c1ccc2c(c1)OCCO2. The van der Waals surface area contributed by atoms with Crippen LogP contribution in [0.2, 0.25) is 0 Å². The van der Waals surface area contributed by atoms with Gasteiger partial charge in [-0.25, -0.2) is 8.42 Å². The Balaban J connectivity index is 1.78. The number of hydrogen-bond acceptors (Lipinski definition) is 7. The smallest absolute Gasteiger partial charge is 0.233 e. The van der Waals surface area contributed by atoms with Gasteiger partial charge in [-0.15, -0.1) is 0 Å². The van der Waals surface area contributed by atoms with E-state index >= 15 is 0 Å². The van der Waals surface area contributed by atoms with Crippen LogP contribution in [0.15, 0.2) is 56.8 Å². The lowest BCUT2D eigenvalue weighted by molar-refractivity contribution is 0.171. The molecule has 7 nitrogen and oxygen atoms in total. The van der Waals surface area contributed by atoms with Crippen molar-refractivity contribution in [2.24, 2.45) is 0 Å². The maximum atomic E-state index is 13.1. The van der Waals surface area contributed by atoms with E-state index in [0.29, 0.717) is 30.3 Å². The van der Waals surface area contributed by atoms with Crippen molar-refractivity contribution in [1.29, 1.82) is 0 Å². The molecule has 2 heterocycles. The molecule has 3 aromatic rings. The van der Waals surface area contributed by atoms with E-state index in [4.69, 9.17) is 13.9 Å². The number of rotatable bonds is 4. The van der Waals surface area contributed by atoms with E-state index in [1.54, 1.807) is 13.1 Å². The van der Waals surface area contributed by atoms with Crippen LogP contribution in [-0.4, -0.2) is 33.7 Å². The van der Waals surface area contributed by atoms with Gasteiger partial charge in [0.2, 0.25) is 26.6 Å². The van der Waals surface area contributed by atoms with E-state index < -0.39 is 9.84 Å². The summed E-state index contributed by atoms with van der Waals surface area (Å²) >= 11 is 0. The number of fused-ring (bicyclic) bond motifs is 1. The molecular weight excluding hydrogens is 368 g/mol. The standard InChI is InChI=1S/C19H18N2O5S/c1-12-3-5-13(6-4-12)17-21-19(18(20-2)26-17)27(22,23)14-7-8-15-16(11-14)25-10-9-24-15/h3-8,11,20H,9-10H2,1-2H3. The molecule has 27 heavy (non-hydrogen) atoms. The van der Waals surface area contributed by atoms with Crippen molar-refractivity contribution in [2.75, 3.05) is 25.6 Å². The first-order valence-corrected chi connectivity index (χ1v) is 9.88. The van der Waals surface area contributed by atoms with Crippen LogP contribution in [0, 0.1) is 6.92 Å². The van der Waals surface area contributed by atoms with E-state index in [0.717, 1.165) is 5.56 Å². The first-order chi connectivity index (χ1) is 13.0. The summed E-state index contributed by atoms with van der Waals surface area (Å²) in [4.78, 5) is 4.31. The lowest BCUT2D eigenvalue weighted by Gasteiger charge is -2.18. The van der Waals surface area contributed by atoms with Crippen LogP contribution in [0.25, 0.3) is 11.5 Å². The summed E-state index contributed by atoms with van der Waals surface area (Å²) in [7, 11) is -2.33. The lowest BCUT2D eigenvalue weighted by atomic mass is 10.1. The number of anilines is 1. The fourth-order valence-corrected chi connectivity index (χ4v) is 4.09. The minimum atomic E-state index is -3.91. The Labute approximate surface area is 156 Å². The van der Waals surface area contributed by atoms with Crippen molar-refractivity contribution < 1.29 is 22.3 Å². The molecule has 1 aliphatic heterocycles. The number of benzene rings is 2. The number of oxazole rings is 1. The largest absolute Gasteiger partial charge is 0.486 e. The van der Waals surface area contributed by atoms with Gasteiger partial charge in [0.1, 0.15) is 13.2 Å². The zero-order chi connectivity index (χ0) is 19.0. The number of nitrogens with zero attached hydrogens (tertiary/aromatic N) is 1. The van der Waals surface area contributed by atoms with E-state index in [1.807, 2.05) is 31.2 Å². The van der Waals surface area contributed by atoms with Crippen molar-refractivity contribution in [3.05, 3.63) is 48.0 Å². The molecule has 8 heteroatoms. The third-order valence-corrected chi connectivity index (χ3v) is 5.86. The topological polar surface area (TPSA) is 90.7 Å². The van der Waals surface area contributed by atoms with Gasteiger partial charge in [-0.05, 0) is 31.2 Å². The van der Waals surface area contributed by atoms with E-state index in [-0.39, 0.29) is 21.7 Å². The zero-order valence-corrected chi connectivity index (χ0v) is 15.7. The van der Waals surface area contributed by atoms with Crippen LogP contribution in [0.3, 0.4) is 0 Å². The Kier molecular flexibility index (Phi) is 4.27. The monoisotopic (exact) mass is 386 g/mol. The highest BCUT2D eigenvalue weighted by atomic mass is 32.2. The normalized spacial score (nSPS) is 13.4. The van der Waals surface area contributed by atoms with Gasteiger partial charge in [0, 0.05) is 18.7 Å². The van der Waals surface area contributed by atoms with Gasteiger partial charge >= 0.3 is 0 Å². The number of aryl methyl sites for hydroxylation is 1. The summed E-state index contributed by atoms with van der Waals surface area (Å²) < 4.78 is 42.9. The number of sulfone groups is 1. The van der Waals surface area contributed by atoms with Crippen LogP contribution in [0.1, 0.15) is 5.56 Å². The third-order valence-electron chi connectivity index (χ3n) is 4.20. The van der Waals surface area contributed by atoms with Gasteiger partial charge in [0.25, 0.3) is 0 Å². The highest BCUT2D eigenvalue weighted by Gasteiger charge is 2.29. The maximum Gasteiger partial charge on any atom is 0.233 e. The molecular formula is C19H18N2O5S. The van der Waals surface area contributed by atoms with Crippen molar-refractivity contribution >= 4 is 15.7 Å². The zero-order valence-electron chi connectivity index (χ0n) is 14.9. The van der Waals surface area contributed by atoms with Crippen molar-refractivity contribution in [1.82, 2.24) is 4.98 Å². The molecule has 4 rings (SSSR count). The third kappa shape index (κ3) is 3.12. The number of hydrogen-bond donors (Lipinski definition) is 1. The Bertz CT molecular complexity index is 1090. The van der Waals surface area contributed by atoms with Gasteiger partial charge in [-0.3, -0.25) is 0 Å². The predicted molar refractivity (Wildman–Crippen MR) is 99.1 cm³/mol. The summed E-state index contributed by atoms with van der Waals surface area (Å²) in [6, 6.07) is 12.0. The fraction of sp³-hybridized carbons (Fsp3) is 0.211. The molecule has 0 bridgehead atoms. The summed E-state index contributed by atoms with van der Waals surface area (Å²) in [6.07, 6.45) is 0. The molecule has 0 fully saturated rings. The second-order valence-corrected chi connectivity index (χ2v) is 7.94. The number of ether oxygens (including phenoxy) is 2. The second-order valence-electron chi connectivity index (χ2n) is 6.08. The first-order valence-electron chi connectivity index (χ1n) is 8.39. The molecule has 0 saturated heterocycles. The quantitative estimate of drug-likeness (QED) is 0.736. The summed E-state index contributed by atoms with van der Waals surface area (Å²) in [5, 5.41) is 2.60. The predicted octanol–water partition coefficient (Wildman–Crippen LogP) is 3.30. The van der Waals surface area contributed by atoms with Crippen molar-refractivity contribution in [3.8, 4) is 23.0 Å². The highest BCUT2D eigenvalue weighted by Crippen LogP contribution is 2.36. The first kappa shape index (κ1) is 17.4. The molecule has 1 N–H and O–H groups in total. The average molecular weight is 386 g/mol. The molecule has 140 valence electrons. The van der Waals surface area contributed by atoms with Crippen LogP contribution < -0.4 is 14.8 Å². The fourth-order valence-electron chi connectivity index (χ4n) is 2.77. The lowest BCUT2D eigenvalue weighted by Crippen LogP contribution is -2.16. The van der Waals surface area contributed by atoms with Crippen LogP contribution in [0.5, 0.6) is 11.5 Å². The molecule has 2 aromatic carbocycles. The molecule has 0 amide bonds.